The van der Waals surface area contributed by atoms with E-state index in [0.29, 0.717) is 6.61 Å². The van der Waals surface area contributed by atoms with E-state index in [4.69, 9.17) is 16.3 Å². The van der Waals surface area contributed by atoms with Crippen LogP contribution in [0.5, 0.6) is 0 Å². The summed E-state index contributed by atoms with van der Waals surface area (Å²) in [6, 6.07) is 7.80. The van der Waals surface area contributed by atoms with E-state index in [0.717, 1.165) is 26.2 Å². The first kappa shape index (κ1) is 11.6. The highest BCUT2D eigenvalue weighted by molar-refractivity contribution is 7.15. The number of halogens is 1. The van der Waals surface area contributed by atoms with E-state index < -0.39 is 0 Å². The van der Waals surface area contributed by atoms with Gasteiger partial charge in [-0.05, 0) is 24.6 Å². The molecule has 2 rings (SSSR count). The zero-order chi connectivity index (χ0) is 11.5. The number of ether oxygens (including phenoxy) is 1. The van der Waals surface area contributed by atoms with E-state index in [-0.39, 0.29) is 0 Å². The van der Waals surface area contributed by atoms with Crippen LogP contribution < -0.4 is 0 Å². The second-order valence-corrected chi connectivity index (χ2v) is 5.09. The molecular weight excluding hydrogens is 242 g/mol. The number of rotatable bonds is 3. The smallest absolute Gasteiger partial charge is 0.0904 e. The van der Waals surface area contributed by atoms with E-state index >= 15 is 0 Å². The van der Waals surface area contributed by atoms with Crippen molar-refractivity contribution in [2.45, 2.75) is 13.5 Å². The molecule has 0 aliphatic heterocycles. The Morgan fingerprint density at radius 2 is 2.00 bits per heavy atom. The molecule has 0 amide bonds. The summed E-state index contributed by atoms with van der Waals surface area (Å²) in [6.45, 7) is 2.55. The fourth-order valence-corrected chi connectivity index (χ4v) is 2.59. The van der Waals surface area contributed by atoms with Crippen LogP contribution in [-0.2, 0) is 11.3 Å². The molecule has 1 aromatic carbocycles. The quantitative estimate of drug-likeness (QED) is 0.827. The largest absolute Gasteiger partial charge is 0.378 e. The molecule has 2 aromatic rings. The Kier molecular flexibility index (Phi) is 3.59. The topological polar surface area (TPSA) is 22.1 Å². The first-order valence-corrected chi connectivity index (χ1v) is 6.11. The Bertz CT molecular complexity index is 478. The van der Waals surface area contributed by atoms with Crippen molar-refractivity contribution in [2.75, 3.05) is 7.11 Å². The zero-order valence-electron chi connectivity index (χ0n) is 9.16. The maximum absolute atomic E-state index is 5.87. The van der Waals surface area contributed by atoms with Crippen LogP contribution in [0, 0.1) is 6.92 Å². The summed E-state index contributed by atoms with van der Waals surface area (Å²) in [6.07, 6.45) is 0. The van der Waals surface area contributed by atoms with Crippen LogP contribution >= 0.6 is 22.9 Å². The number of benzene rings is 1. The summed E-state index contributed by atoms with van der Waals surface area (Å²) in [5.41, 5.74) is 2.13. The number of methoxy groups -OCH3 is 1. The second kappa shape index (κ2) is 4.95. The van der Waals surface area contributed by atoms with Gasteiger partial charge in [-0.25, -0.2) is 4.98 Å². The van der Waals surface area contributed by atoms with Gasteiger partial charge in [0.05, 0.1) is 22.2 Å². The minimum Gasteiger partial charge on any atom is -0.378 e. The van der Waals surface area contributed by atoms with E-state index in [1.165, 1.54) is 0 Å². The minimum atomic E-state index is 0.544. The lowest BCUT2D eigenvalue weighted by Crippen LogP contribution is -1.90. The van der Waals surface area contributed by atoms with Crippen LogP contribution in [0.4, 0.5) is 0 Å². The van der Waals surface area contributed by atoms with Crippen molar-refractivity contribution in [1.82, 2.24) is 4.98 Å². The summed E-state index contributed by atoms with van der Waals surface area (Å²) in [7, 11) is 1.68. The zero-order valence-corrected chi connectivity index (χ0v) is 10.7. The molecule has 1 heterocycles. The third-order valence-corrected chi connectivity index (χ3v) is 3.51. The number of hydrogen-bond donors (Lipinski definition) is 0. The second-order valence-electron chi connectivity index (χ2n) is 3.45. The molecule has 84 valence electrons. The predicted octanol–water partition coefficient (Wildman–Crippen LogP) is 3.92. The van der Waals surface area contributed by atoms with Gasteiger partial charge < -0.3 is 4.74 Å². The SMILES string of the molecule is COCc1nc(C)sc1-c1ccc(Cl)cc1. The van der Waals surface area contributed by atoms with E-state index in [1.807, 2.05) is 31.2 Å². The van der Waals surface area contributed by atoms with Gasteiger partial charge in [-0.3, -0.25) is 0 Å². The fraction of sp³-hybridized carbons (Fsp3) is 0.250. The molecule has 0 saturated heterocycles. The Labute approximate surface area is 104 Å². The molecule has 16 heavy (non-hydrogen) atoms. The molecule has 0 aliphatic carbocycles. The number of aromatic nitrogens is 1. The van der Waals surface area contributed by atoms with Crippen molar-refractivity contribution in [1.29, 1.82) is 0 Å². The molecule has 0 aliphatic rings. The molecule has 2 nitrogen and oxygen atoms in total. The van der Waals surface area contributed by atoms with Crippen LogP contribution in [0.2, 0.25) is 5.02 Å². The number of aryl methyl sites for hydroxylation is 1. The number of hydrogen-bond acceptors (Lipinski definition) is 3. The van der Waals surface area contributed by atoms with E-state index in [2.05, 4.69) is 4.98 Å². The third kappa shape index (κ3) is 2.43. The van der Waals surface area contributed by atoms with E-state index in [1.54, 1.807) is 18.4 Å². The summed E-state index contributed by atoms with van der Waals surface area (Å²) in [5, 5.41) is 1.80. The molecule has 0 N–H and O–H groups in total. The lowest BCUT2D eigenvalue weighted by atomic mass is 10.1. The summed E-state index contributed by atoms with van der Waals surface area (Å²) < 4.78 is 5.15. The molecule has 0 radical (unpaired) electrons. The maximum Gasteiger partial charge on any atom is 0.0904 e. The fourth-order valence-electron chi connectivity index (χ4n) is 1.53. The number of thiazole rings is 1. The van der Waals surface area contributed by atoms with Gasteiger partial charge in [0, 0.05) is 12.1 Å². The van der Waals surface area contributed by atoms with Crippen molar-refractivity contribution < 1.29 is 4.74 Å². The van der Waals surface area contributed by atoms with Crippen molar-refractivity contribution >= 4 is 22.9 Å². The van der Waals surface area contributed by atoms with E-state index in [9.17, 15) is 0 Å². The normalized spacial score (nSPS) is 10.7. The summed E-state index contributed by atoms with van der Waals surface area (Å²) in [4.78, 5) is 5.62. The van der Waals surface area contributed by atoms with Crippen LogP contribution in [0.1, 0.15) is 10.7 Å². The number of nitrogens with zero attached hydrogens (tertiary/aromatic N) is 1. The molecule has 0 bridgehead atoms. The molecule has 0 saturated carbocycles. The van der Waals surface area contributed by atoms with Crippen molar-refractivity contribution in [3.8, 4) is 10.4 Å². The highest BCUT2D eigenvalue weighted by Crippen LogP contribution is 2.31. The third-order valence-electron chi connectivity index (χ3n) is 2.19. The summed E-state index contributed by atoms with van der Waals surface area (Å²) in [5.74, 6) is 0. The Morgan fingerprint density at radius 1 is 1.31 bits per heavy atom. The van der Waals surface area contributed by atoms with Gasteiger partial charge in [0.25, 0.3) is 0 Å². The Morgan fingerprint density at radius 3 is 2.62 bits per heavy atom. The minimum absolute atomic E-state index is 0.544. The Balaban J connectivity index is 2.42. The Hall–Kier alpha value is -0.900. The lowest BCUT2D eigenvalue weighted by Gasteiger charge is -2.01. The van der Waals surface area contributed by atoms with Crippen LogP contribution in [-0.4, -0.2) is 12.1 Å². The average molecular weight is 254 g/mol. The molecule has 0 atom stereocenters. The molecule has 0 spiro atoms. The van der Waals surface area contributed by atoms with Gasteiger partial charge >= 0.3 is 0 Å². The first-order valence-electron chi connectivity index (χ1n) is 4.92. The van der Waals surface area contributed by atoms with Crippen LogP contribution in [0.3, 0.4) is 0 Å². The first-order chi connectivity index (χ1) is 7.70. The predicted molar refractivity (Wildman–Crippen MR) is 68.0 cm³/mol. The highest BCUT2D eigenvalue weighted by Gasteiger charge is 2.10. The van der Waals surface area contributed by atoms with Gasteiger partial charge in [-0.15, -0.1) is 11.3 Å². The van der Waals surface area contributed by atoms with Gasteiger partial charge in [0.1, 0.15) is 0 Å². The molecule has 0 unspecified atom stereocenters. The lowest BCUT2D eigenvalue weighted by molar-refractivity contribution is 0.182. The van der Waals surface area contributed by atoms with Crippen molar-refractivity contribution in [3.63, 3.8) is 0 Å². The molecule has 4 heteroatoms. The van der Waals surface area contributed by atoms with Crippen LogP contribution in [0.25, 0.3) is 10.4 Å². The molecule has 0 fully saturated rings. The van der Waals surface area contributed by atoms with Gasteiger partial charge in [-0.1, -0.05) is 23.7 Å². The standard InChI is InChI=1S/C12H12ClNOS/c1-8-14-11(7-15-2)12(16-8)9-3-5-10(13)6-4-9/h3-6H,7H2,1-2H3. The highest BCUT2D eigenvalue weighted by atomic mass is 35.5. The average Bonchev–Trinajstić information content (AvgIpc) is 2.61. The monoisotopic (exact) mass is 253 g/mol. The van der Waals surface area contributed by atoms with Crippen LogP contribution in [0.15, 0.2) is 24.3 Å². The van der Waals surface area contributed by atoms with Crippen molar-refractivity contribution in [3.05, 3.63) is 40.0 Å². The molecular formula is C12H12ClNOS. The summed E-state index contributed by atoms with van der Waals surface area (Å²) >= 11 is 7.55. The van der Waals surface area contributed by atoms with Crippen molar-refractivity contribution in [2.24, 2.45) is 0 Å². The van der Waals surface area contributed by atoms with Gasteiger partial charge in [-0.2, -0.15) is 0 Å². The maximum atomic E-state index is 5.87. The molecule has 1 aromatic heterocycles. The van der Waals surface area contributed by atoms with Gasteiger partial charge in [0.2, 0.25) is 0 Å². The van der Waals surface area contributed by atoms with Gasteiger partial charge in [0.15, 0.2) is 0 Å².